The fourth-order valence-corrected chi connectivity index (χ4v) is 3.46. The number of allylic oxidation sites excluding steroid dienone is 1. The van der Waals surface area contributed by atoms with Crippen LogP contribution in [0.1, 0.15) is 29.1 Å². The maximum absolute atomic E-state index is 12.8. The number of amides is 1. The van der Waals surface area contributed by atoms with Gasteiger partial charge in [0.05, 0.1) is 16.9 Å². The Hall–Kier alpha value is -3.59. The zero-order valence-corrected chi connectivity index (χ0v) is 16.4. The molecule has 0 saturated heterocycles. The van der Waals surface area contributed by atoms with Crippen LogP contribution in [0.25, 0.3) is 16.6 Å². The van der Waals surface area contributed by atoms with Gasteiger partial charge in [-0.15, -0.1) is 16.8 Å². The van der Waals surface area contributed by atoms with Crippen molar-refractivity contribution in [2.24, 2.45) is 0 Å². The Kier molecular flexibility index (Phi) is 4.81. The summed E-state index contributed by atoms with van der Waals surface area (Å²) in [5.41, 5.74) is 1.40. The quantitative estimate of drug-likeness (QED) is 0.392. The highest BCUT2D eigenvalue weighted by molar-refractivity contribution is 7.71. The normalized spacial score (nSPS) is 12.2. The number of rotatable bonds is 5. The summed E-state index contributed by atoms with van der Waals surface area (Å²) in [5.74, 6) is 0.336. The molecule has 1 atom stereocenters. The molecule has 0 bridgehead atoms. The fourth-order valence-electron chi connectivity index (χ4n) is 3.19. The van der Waals surface area contributed by atoms with E-state index in [1.54, 1.807) is 24.3 Å². The zero-order valence-electron chi connectivity index (χ0n) is 15.6. The highest BCUT2D eigenvalue weighted by atomic mass is 32.1. The molecule has 1 aromatic carbocycles. The van der Waals surface area contributed by atoms with Gasteiger partial charge in [-0.25, -0.2) is 0 Å². The third-order valence-electron chi connectivity index (χ3n) is 4.63. The molecule has 4 rings (SSSR count). The van der Waals surface area contributed by atoms with E-state index in [-0.39, 0.29) is 22.3 Å². The number of fused-ring (bicyclic) bond motifs is 2. The summed E-state index contributed by atoms with van der Waals surface area (Å²) in [7, 11) is 0. The van der Waals surface area contributed by atoms with E-state index in [0.29, 0.717) is 34.5 Å². The van der Waals surface area contributed by atoms with Crippen LogP contribution in [-0.4, -0.2) is 30.1 Å². The topological polar surface area (TPSA) is 97.1 Å². The van der Waals surface area contributed by atoms with Crippen molar-refractivity contribution < 1.29 is 4.79 Å². The smallest absolute Gasteiger partial charge is 0.262 e. The average molecular weight is 406 g/mol. The molecule has 1 amide bonds. The molecule has 0 radical (unpaired) electrons. The van der Waals surface area contributed by atoms with Crippen LogP contribution in [-0.2, 0) is 6.54 Å². The Morgan fingerprint density at radius 3 is 2.97 bits per heavy atom. The Morgan fingerprint density at radius 2 is 2.17 bits per heavy atom. The number of pyridine rings is 1. The van der Waals surface area contributed by atoms with Gasteiger partial charge in [0.15, 0.2) is 16.2 Å². The SMILES string of the molecule is C=CCn1c(=S)[nH]c2cc(C(=O)NC(C)c3nnc4ccccn34)ccc2c1=O. The highest BCUT2D eigenvalue weighted by Crippen LogP contribution is 2.15. The van der Waals surface area contributed by atoms with E-state index in [2.05, 4.69) is 27.1 Å². The summed E-state index contributed by atoms with van der Waals surface area (Å²) in [5, 5.41) is 11.6. The number of aromatic nitrogens is 5. The van der Waals surface area contributed by atoms with E-state index in [0.717, 1.165) is 0 Å². The van der Waals surface area contributed by atoms with Crippen molar-refractivity contribution in [2.75, 3.05) is 0 Å². The van der Waals surface area contributed by atoms with Crippen molar-refractivity contribution in [1.29, 1.82) is 0 Å². The summed E-state index contributed by atoms with van der Waals surface area (Å²) >= 11 is 5.25. The van der Waals surface area contributed by atoms with Gasteiger partial charge in [-0.3, -0.25) is 18.6 Å². The molecule has 3 aromatic heterocycles. The van der Waals surface area contributed by atoms with Crippen LogP contribution in [0.4, 0.5) is 0 Å². The van der Waals surface area contributed by atoms with E-state index < -0.39 is 0 Å². The Bertz CT molecular complexity index is 1370. The van der Waals surface area contributed by atoms with E-state index in [1.165, 1.54) is 4.57 Å². The second-order valence-corrected chi connectivity index (χ2v) is 6.96. The van der Waals surface area contributed by atoms with E-state index in [9.17, 15) is 9.59 Å². The van der Waals surface area contributed by atoms with Crippen LogP contribution in [0.5, 0.6) is 0 Å². The largest absolute Gasteiger partial charge is 0.342 e. The average Bonchev–Trinajstić information content (AvgIpc) is 3.15. The van der Waals surface area contributed by atoms with Crippen LogP contribution < -0.4 is 10.9 Å². The molecule has 0 saturated carbocycles. The van der Waals surface area contributed by atoms with Gasteiger partial charge in [0.25, 0.3) is 11.5 Å². The summed E-state index contributed by atoms with van der Waals surface area (Å²) in [6.07, 6.45) is 3.45. The van der Waals surface area contributed by atoms with Crippen LogP contribution in [0.2, 0.25) is 0 Å². The van der Waals surface area contributed by atoms with Gasteiger partial charge >= 0.3 is 0 Å². The molecule has 3 heterocycles. The minimum atomic E-state index is -0.366. The van der Waals surface area contributed by atoms with E-state index in [1.807, 2.05) is 35.7 Å². The highest BCUT2D eigenvalue weighted by Gasteiger charge is 2.17. The summed E-state index contributed by atoms with van der Waals surface area (Å²) in [6.45, 7) is 5.79. The molecule has 0 fully saturated rings. The Labute approximate surface area is 170 Å². The molecule has 4 aromatic rings. The summed E-state index contributed by atoms with van der Waals surface area (Å²) in [6, 6.07) is 10.1. The van der Waals surface area contributed by atoms with Gasteiger partial charge in [0.2, 0.25) is 0 Å². The first kappa shape index (κ1) is 18.8. The van der Waals surface area contributed by atoms with Gasteiger partial charge in [-0.05, 0) is 49.5 Å². The lowest BCUT2D eigenvalue weighted by Crippen LogP contribution is -2.28. The Morgan fingerprint density at radius 1 is 1.34 bits per heavy atom. The molecule has 0 aliphatic heterocycles. The van der Waals surface area contributed by atoms with Crippen LogP contribution in [0.3, 0.4) is 0 Å². The minimum absolute atomic E-state index is 0.223. The Balaban J connectivity index is 1.65. The molecule has 0 aliphatic rings. The lowest BCUT2D eigenvalue weighted by molar-refractivity contribution is 0.0938. The van der Waals surface area contributed by atoms with Crippen LogP contribution in [0.15, 0.2) is 60.0 Å². The molecule has 0 spiro atoms. The number of nitrogens with zero attached hydrogens (tertiary/aromatic N) is 4. The van der Waals surface area contributed by atoms with Crippen molar-refractivity contribution in [3.8, 4) is 0 Å². The second-order valence-electron chi connectivity index (χ2n) is 6.58. The van der Waals surface area contributed by atoms with Gasteiger partial charge in [-0.2, -0.15) is 0 Å². The number of carbonyl (C=O) groups is 1. The summed E-state index contributed by atoms with van der Waals surface area (Å²) in [4.78, 5) is 28.4. The molecule has 1 unspecified atom stereocenters. The van der Waals surface area contributed by atoms with Crippen LogP contribution >= 0.6 is 12.2 Å². The third kappa shape index (κ3) is 3.36. The standard InChI is InChI=1S/C20H18N6O2S/c1-3-9-26-19(28)14-8-7-13(11-15(14)22-20(26)29)18(27)21-12(2)17-24-23-16-6-4-5-10-25(16)17/h3-8,10-12H,1,9H2,2H3,(H,21,27)(H,22,29). The third-order valence-corrected chi connectivity index (χ3v) is 4.95. The first-order valence-corrected chi connectivity index (χ1v) is 9.38. The lowest BCUT2D eigenvalue weighted by atomic mass is 10.1. The number of nitrogens with one attached hydrogen (secondary N) is 2. The summed E-state index contributed by atoms with van der Waals surface area (Å²) < 4.78 is 3.52. The van der Waals surface area contributed by atoms with Crippen LogP contribution in [0, 0.1) is 4.77 Å². The van der Waals surface area contributed by atoms with Crippen molar-refractivity contribution in [1.82, 2.24) is 29.5 Å². The van der Waals surface area contributed by atoms with E-state index >= 15 is 0 Å². The first-order chi connectivity index (χ1) is 14.0. The van der Waals surface area contributed by atoms with E-state index in [4.69, 9.17) is 12.2 Å². The minimum Gasteiger partial charge on any atom is -0.342 e. The molecule has 9 heteroatoms. The van der Waals surface area contributed by atoms with Crippen molar-refractivity contribution >= 4 is 34.7 Å². The predicted molar refractivity (Wildman–Crippen MR) is 112 cm³/mol. The van der Waals surface area contributed by atoms with Crippen molar-refractivity contribution in [3.63, 3.8) is 0 Å². The van der Waals surface area contributed by atoms with Gasteiger partial charge in [0, 0.05) is 18.3 Å². The molecular formula is C20H18N6O2S. The molecule has 8 nitrogen and oxygen atoms in total. The molecule has 146 valence electrons. The first-order valence-electron chi connectivity index (χ1n) is 8.98. The fraction of sp³-hybridized carbons (Fsp3) is 0.150. The number of aromatic amines is 1. The zero-order chi connectivity index (χ0) is 20.5. The van der Waals surface area contributed by atoms with Gasteiger partial charge < -0.3 is 10.3 Å². The monoisotopic (exact) mass is 406 g/mol. The van der Waals surface area contributed by atoms with Crippen molar-refractivity contribution in [3.05, 3.63) is 81.8 Å². The number of hydrogen-bond acceptors (Lipinski definition) is 5. The molecule has 29 heavy (non-hydrogen) atoms. The number of H-pyrrole nitrogens is 1. The maximum Gasteiger partial charge on any atom is 0.262 e. The number of carbonyl (C=O) groups excluding carboxylic acids is 1. The number of benzene rings is 1. The lowest BCUT2D eigenvalue weighted by Gasteiger charge is -2.13. The molecule has 0 aliphatic carbocycles. The molecular weight excluding hydrogens is 388 g/mol. The second kappa shape index (κ2) is 7.44. The van der Waals surface area contributed by atoms with Crippen molar-refractivity contribution in [2.45, 2.75) is 19.5 Å². The number of hydrogen-bond donors (Lipinski definition) is 2. The van der Waals surface area contributed by atoms with Gasteiger partial charge in [0.1, 0.15) is 0 Å². The van der Waals surface area contributed by atoms with Gasteiger partial charge in [-0.1, -0.05) is 12.1 Å². The molecule has 2 N–H and O–H groups in total. The predicted octanol–water partition coefficient (Wildman–Crippen LogP) is 2.78. The maximum atomic E-state index is 12.8.